The fourth-order valence-electron chi connectivity index (χ4n) is 1.49. The number of Topliss-reactive ketones (excluding diaryl/α,β-unsaturated/α-hetero) is 1. The van der Waals surface area contributed by atoms with Crippen LogP contribution in [0.4, 0.5) is 0 Å². The number of esters is 1. The lowest BCUT2D eigenvalue weighted by molar-refractivity contribution is 0.0523. The van der Waals surface area contributed by atoms with Gasteiger partial charge in [-0.2, -0.15) is 5.26 Å². The summed E-state index contributed by atoms with van der Waals surface area (Å²) in [6.07, 6.45) is 0. The summed E-state index contributed by atoms with van der Waals surface area (Å²) in [6, 6.07) is 6.33. The number of benzene rings is 1. The van der Waals surface area contributed by atoms with Crippen LogP contribution in [0, 0.1) is 11.3 Å². The number of ether oxygens (including phenoxy) is 1. The number of carbonyl (C=O) groups is 2. The highest BCUT2D eigenvalue weighted by Gasteiger charge is 2.24. The standard InChI is InChI=1S/C13H12ClNO3/c1-3-18-13(17)10-6-4-5-9(7-15)11(10)12(16)8(2)14/h4-6,8H,3H2,1-2H3. The zero-order chi connectivity index (χ0) is 13.7. The monoisotopic (exact) mass is 265 g/mol. The van der Waals surface area contributed by atoms with E-state index in [2.05, 4.69) is 0 Å². The van der Waals surface area contributed by atoms with Crippen molar-refractivity contribution in [3.63, 3.8) is 0 Å². The number of hydrogen-bond acceptors (Lipinski definition) is 4. The largest absolute Gasteiger partial charge is 0.462 e. The number of nitriles is 1. The second kappa shape index (κ2) is 6.18. The van der Waals surface area contributed by atoms with Crippen molar-refractivity contribution in [2.45, 2.75) is 19.2 Å². The molecule has 4 nitrogen and oxygen atoms in total. The predicted octanol–water partition coefficient (Wildman–Crippen LogP) is 2.54. The molecule has 1 rings (SSSR count). The highest BCUT2D eigenvalue weighted by Crippen LogP contribution is 2.19. The molecule has 94 valence electrons. The molecule has 0 aliphatic heterocycles. The van der Waals surface area contributed by atoms with Crippen LogP contribution >= 0.6 is 11.6 Å². The lowest BCUT2D eigenvalue weighted by atomic mass is 9.96. The summed E-state index contributed by atoms with van der Waals surface area (Å²) in [6.45, 7) is 3.35. The maximum absolute atomic E-state index is 12.0. The van der Waals surface area contributed by atoms with Crippen LogP contribution < -0.4 is 0 Å². The van der Waals surface area contributed by atoms with Gasteiger partial charge in [-0.05, 0) is 26.0 Å². The number of nitrogens with zero attached hydrogens (tertiary/aromatic N) is 1. The van der Waals surface area contributed by atoms with Crippen molar-refractivity contribution in [1.82, 2.24) is 0 Å². The Hall–Kier alpha value is -1.86. The number of ketones is 1. The summed E-state index contributed by atoms with van der Waals surface area (Å²) in [7, 11) is 0. The molecule has 0 aliphatic carbocycles. The van der Waals surface area contributed by atoms with Crippen LogP contribution in [-0.2, 0) is 4.74 Å². The second-order valence-electron chi connectivity index (χ2n) is 3.54. The highest BCUT2D eigenvalue weighted by atomic mass is 35.5. The van der Waals surface area contributed by atoms with Crippen molar-refractivity contribution in [3.05, 3.63) is 34.9 Å². The minimum atomic E-state index is -0.812. The maximum atomic E-state index is 12.0. The second-order valence-corrected chi connectivity index (χ2v) is 4.20. The number of hydrogen-bond donors (Lipinski definition) is 0. The van der Waals surface area contributed by atoms with E-state index in [0.717, 1.165) is 0 Å². The van der Waals surface area contributed by atoms with Gasteiger partial charge in [-0.1, -0.05) is 6.07 Å². The number of carbonyl (C=O) groups excluding carboxylic acids is 2. The van der Waals surface area contributed by atoms with Crippen LogP contribution in [0.15, 0.2) is 18.2 Å². The van der Waals surface area contributed by atoms with E-state index in [1.165, 1.54) is 25.1 Å². The molecule has 0 bridgehead atoms. The zero-order valence-electron chi connectivity index (χ0n) is 10.1. The summed E-state index contributed by atoms with van der Waals surface area (Å²) in [4.78, 5) is 23.7. The molecule has 0 radical (unpaired) electrons. The molecule has 0 heterocycles. The maximum Gasteiger partial charge on any atom is 0.338 e. The number of halogens is 1. The normalized spacial score (nSPS) is 11.4. The SMILES string of the molecule is CCOC(=O)c1cccc(C#N)c1C(=O)C(C)Cl. The van der Waals surface area contributed by atoms with E-state index in [1.807, 2.05) is 6.07 Å². The average molecular weight is 266 g/mol. The van der Waals surface area contributed by atoms with E-state index in [4.69, 9.17) is 21.6 Å². The molecule has 5 heteroatoms. The smallest absolute Gasteiger partial charge is 0.338 e. The van der Waals surface area contributed by atoms with Crippen molar-refractivity contribution in [2.75, 3.05) is 6.61 Å². The summed E-state index contributed by atoms with van der Waals surface area (Å²) in [5, 5.41) is 8.18. The van der Waals surface area contributed by atoms with E-state index in [-0.39, 0.29) is 23.3 Å². The molecule has 1 unspecified atom stereocenters. The van der Waals surface area contributed by atoms with E-state index in [9.17, 15) is 9.59 Å². The molecule has 0 spiro atoms. The van der Waals surface area contributed by atoms with Gasteiger partial charge in [0.1, 0.15) is 0 Å². The summed E-state index contributed by atoms with van der Waals surface area (Å²) < 4.78 is 4.85. The van der Waals surface area contributed by atoms with Gasteiger partial charge in [0.15, 0.2) is 5.78 Å². The molecular formula is C13H12ClNO3. The molecule has 18 heavy (non-hydrogen) atoms. The van der Waals surface area contributed by atoms with Gasteiger partial charge in [-0.25, -0.2) is 4.79 Å². The van der Waals surface area contributed by atoms with Gasteiger partial charge in [0.05, 0.1) is 34.7 Å². The molecule has 1 atom stereocenters. The van der Waals surface area contributed by atoms with Gasteiger partial charge in [-0.15, -0.1) is 11.6 Å². The summed E-state index contributed by atoms with van der Waals surface area (Å²) >= 11 is 5.73. The number of alkyl halides is 1. The Morgan fingerprint density at radius 3 is 2.67 bits per heavy atom. The minimum absolute atomic E-state index is 0.0287. The van der Waals surface area contributed by atoms with Crippen molar-refractivity contribution >= 4 is 23.4 Å². The first-order valence-corrected chi connectivity index (χ1v) is 5.85. The Morgan fingerprint density at radius 2 is 2.17 bits per heavy atom. The predicted molar refractivity (Wildman–Crippen MR) is 66.8 cm³/mol. The van der Waals surface area contributed by atoms with Crippen LogP contribution in [0.1, 0.15) is 40.1 Å². The van der Waals surface area contributed by atoms with E-state index >= 15 is 0 Å². The Balaban J connectivity index is 3.39. The van der Waals surface area contributed by atoms with Gasteiger partial charge in [0.25, 0.3) is 0 Å². The quantitative estimate of drug-likeness (QED) is 0.477. The van der Waals surface area contributed by atoms with Gasteiger partial charge in [-0.3, -0.25) is 4.79 Å². The Bertz CT molecular complexity index is 517. The van der Waals surface area contributed by atoms with Crippen LogP contribution in [0.25, 0.3) is 0 Å². The molecule has 1 aromatic carbocycles. The molecule has 0 amide bonds. The fraction of sp³-hybridized carbons (Fsp3) is 0.308. The van der Waals surface area contributed by atoms with Gasteiger partial charge in [0, 0.05) is 0 Å². The molecule has 1 aromatic rings. The van der Waals surface area contributed by atoms with Crippen LogP contribution in [0.2, 0.25) is 0 Å². The topological polar surface area (TPSA) is 67.2 Å². The van der Waals surface area contributed by atoms with Crippen LogP contribution in [0.5, 0.6) is 0 Å². The van der Waals surface area contributed by atoms with Crippen molar-refractivity contribution in [3.8, 4) is 6.07 Å². The molecule has 0 aromatic heterocycles. The van der Waals surface area contributed by atoms with E-state index in [0.29, 0.717) is 0 Å². The first-order chi connectivity index (χ1) is 8.52. The summed E-state index contributed by atoms with van der Waals surface area (Å²) in [5.74, 6) is -1.09. The molecule has 0 saturated carbocycles. The van der Waals surface area contributed by atoms with Gasteiger partial charge < -0.3 is 4.74 Å². The molecule has 0 N–H and O–H groups in total. The Labute approximate surface area is 110 Å². The first kappa shape index (κ1) is 14.2. The minimum Gasteiger partial charge on any atom is -0.462 e. The average Bonchev–Trinajstić information content (AvgIpc) is 2.37. The molecule has 0 saturated heterocycles. The fourth-order valence-corrected chi connectivity index (χ4v) is 1.60. The third-order valence-electron chi connectivity index (χ3n) is 2.29. The van der Waals surface area contributed by atoms with Crippen LogP contribution in [-0.4, -0.2) is 23.7 Å². The van der Waals surface area contributed by atoms with Gasteiger partial charge in [0.2, 0.25) is 0 Å². The molecular weight excluding hydrogens is 254 g/mol. The lowest BCUT2D eigenvalue weighted by Gasteiger charge is -2.10. The van der Waals surface area contributed by atoms with Crippen LogP contribution in [0.3, 0.4) is 0 Å². The first-order valence-electron chi connectivity index (χ1n) is 5.41. The lowest BCUT2D eigenvalue weighted by Crippen LogP contribution is -2.18. The van der Waals surface area contributed by atoms with E-state index < -0.39 is 17.1 Å². The molecule has 0 aliphatic rings. The van der Waals surface area contributed by atoms with Gasteiger partial charge >= 0.3 is 5.97 Å². The van der Waals surface area contributed by atoms with Crippen molar-refractivity contribution in [1.29, 1.82) is 5.26 Å². The Kier molecular flexibility index (Phi) is 4.87. The third-order valence-corrected chi connectivity index (χ3v) is 2.49. The molecule has 0 fully saturated rings. The highest BCUT2D eigenvalue weighted by molar-refractivity contribution is 6.34. The van der Waals surface area contributed by atoms with Crippen molar-refractivity contribution in [2.24, 2.45) is 0 Å². The third kappa shape index (κ3) is 2.88. The summed E-state index contributed by atoms with van der Waals surface area (Å²) in [5.41, 5.74) is 0.229. The zero-order valence-corrected chi connectivity index (χ0v) is 10.8. The number of rotatable bonds is 4. The Morgan fingerprint density at radius 1 is 1.50 bits per heavy atom. The van der Waals surface area contributed by atoms with E-state index in [1.54, 1.807) is 6.92 Å². The van der Waals surface area contributed by atoms with Crippen molar-refractivity contribution < 1.29 is 14.3 Å².